The van der Waals surface area contributed by atoms with Crippen LogP contribution in [0.3, 0.4) is 0 Å². The van der Waals surface area contributed by atoms with Crippen molar-refractivity contribution < 1.29 is 9.53 Å². The minimum absolute atomic E-state index is 0.148. The van der Waals surface area contributed by atoms with Gasteiger partial charge in [0.2, 0.25) is 5.95 Å². The van der Waals surface area contributed by atoms with Crippen LogP contribution in [0.25, 0.3) is 0 Å². The van der Waals surface area contributed by atoms with Crippen LogP contribution in [0.5, 0.6) is 0 Å². The van der Waals surface area contributed by atoms with Crippen molar-refractivity contribution in [3.63, 3.8) is 0 Å². The van der Waals surface area contributed by atoms with Gasteiger partial charge < -0.3 is 9.64 Å². The molecule has 0 bridgehead atoms. The van der Waals surface area contributed by atoms with Gasteiger partial charge in [-0.05, 0) is 24.8 Å². The van der Waals surface area contributed by atoms with Crippen LogP contribution in [0.4, 0.5) is 5.95 Å². The number of hydrogen-bond acceptors (Lipinski definition) is 5. The molecule has 5 heteroatoms. The minimum atomic E-state index is 0.148. The summed E-state index contributed by atoms with van der Waals surface area (Å²) in [6.45, 7) is 5.08. The second-order valence-electron chi connectivity index (χ2n) is 6.57. The maximum atomic E-state index is 12.5. The molecule has 0 saturated carbocycles. The number of aromatic nitrogens is 2. The number of Topliss-reactive ketones (excluding diaryl/α,β-unsaturated/α-hetero) is 1. The predicted octanol–water partition coefficient (Wildman–Crippen LogP) is 2.53. The van der Waals surface area contributed by atoms with Crippen molar-refractivity contribution in [2.45, 2.75) is 25.7 Å². The van der Waals surface area contributed by atoms with E-state index in [0.717, 1.165) is 31.2 Å². The molecule has 1 fully saturated rings. The van der Waals surface area contributed by atoms with E-state index in [-0.39, 0.29) is 11.7 Å². The molecule has 1 aromatic heterocycles. The number of nitrogens with zero attached hydrogens (tertiary/aromatic N) is 3. The lowest BCUT2D eigenvalue weighted by atomic mass is 9.82. The molecule has 5 nitrogen and oxygen atoms in total. The summed E-state index contributed by atoms with van der Waals surface area (Å²) < 4.78 is 5.38. The maximum Gasteiger partial charge on any atom is 0.225 e. The topological polar surface area (TPSA) is 55.3 Å². The highest BCUT2D eigenvalue weighted by molar-refractivity contribution is 5.98. The highest BCUT2D eigenvalue weighted by atomic mass is 16.5. The monoisotopic (exact) mass is 323 g/mol. The highest BCUT2D eigenvalue weighted by Gasteiger charge is 2.28. The third kappa shape index (κ3) is 2.91. The number of ketones is 1. The van der Waals surface area contributed by atoms with Crippen molar-refractivity contribution in [2.24, 2.45) is 0 Å². The van der Waals surface area contributed by atoms with Gasteiger partial charge in [0.05, 0.1) is 24.5 Å². The number of morpholine rings is 1. The molecule has 1 aromatic carbocycles. The maximum absolute atomic E-state index is 12.5. The number of benzene rings is 1. The Kier molecular flexibility index (Phi) is 4.02. The van der Waals surface area contributed by atoms with Gasteiger partial charge in [-0.1, -0.05) is 29.8 Å². The van der Waals surface area contributed by atoms with Crippen LogP contribution in [0, 0.1) is 6.92 Å². The van der Waals surface area contributed by atoms with Crippen molar-refractivity contribution in [2.75, 3.05) is 31.2 Å². The number of carbonyl (C=O) groups excluding carboxylic acids is 1. The lowest BCUT2D eigenvalue weighted by Crippen LogP contribution is -2.37. The van der Waals surface area contributed by atoms with Crippen molar-refractivity contribution in [3.8, 4) is 0 Å². The number of fused-ring (bicyclic) bond motifs is 1. The summed E-state index contributed by atoms with van der Waals surface area (Å²) in [5.74, 6) is 1.07. The van der Waals surface area contributed by atoms with E-state index < -0.39 is 0 Å². The van der Waals surface area contributed by atoms with Crippen LogP contribution in [0.1, 0.15) is 39.5 Å². The fourth-order valence-electron chi connectivity index (χ4n) is 3.42. The third-order valence-corrected chi connectivity index (χ3v) is 4.87. The lowest BCUT2D eigenvalue weighted by Gasteiger charge is -2.28. The van der Waals surface area contributed by atoms with Crippen molar-refractivity contribution >= 4 is 11.7 Å². The van der Waals surface area contributed by atoms with Gasteiger partial charge in [-0.2, -0.15) is 0 Å². The van der Waals surface area contributed by atoms with Gasteiger partial charge in [0, 0.05) is 25.7 Å². The Morgan fingerprint density at radius 3 is 2.62 bits per heavy atom. The number of aryl methyl sites for hydroxylation is 1. The average Bonchev–Trinajstić information content (AvgIpc) is 2.62. The SMILES string of the molecule is Cc1ccc(C2CC(=O)c3cnc(N4CCOCC4)nc3C2)cc1. The summed E-state index contributed by atoms with van der Waals surface area (Å²) in [4.78, 5) is 23.8. The third-order valence-electron chi connectivity index (χ3n) is 4.87. The van der Waals surface area contributed by atoms with E-state index in [2.05, 4.69) is 41.1 Å². The molecule has 1 aliphatic carbocycles. The lowest BCUT2D eigenvalue weighted by molar-refractivity contribution is 0.0962. The zero-order valence-corrected chi connectivity index (χ0v) is 13.9. The second-order valence-corrected chi connectivity index (χ2v) is 6.57. The zero-order chi connectivity index (χ0) is 16.5. The number of anilines is 1. The molecule has 124 valence electrons. The largest absolute Gasteiger partial charge is 0.378 e. The standard InChI is InChI=1S/C19H21N3O2/c1-13-2-4-14(5-3-13)15-10-17-16(18(23)11-15)12-20-19(21-17)22-6-8-24-9-7-22/h2-5,12,15H,6-11H2,1H3. The fraction of sp³-hybridized carbons (Fsp3) is 0.421. The molecule has 1 aliphatic heterocycles. The molecule has 0 N–H and O–H groups in total. The summed E-state index contributed by atoms with van der Waals surface area (Å²) in [5.41, 5.74) is 4.02. The molecule has 0 amide bonds. The summed E-state index contributed by atoms with van der Waals surface area (Å²) in [5, 5.41) is 0. The van der Waals surface area contributed by atoms with Crippen LogP contribution >= 0.6 is 0 Å². The van der Waals surface area contributed by atoms with E-state index in [1.54, 1.807) is 6.20 Å². The van der Waals surface area contributed by atoms with Crippen LogP contribution in [-0.2, 0) is 11.2 Å². The van der Waals surface area contributed by atoms with E-state index >= 15 is 0 Å². The normalized spacial score (nSPS) is 20.8. The second kappa shape index (κ2) is 6.32. The number of ether oxygens (including phenoxy) is 1. The van der Waals surface area contributed by atoms with Crippen LogP contribution in [-0.4, -0.2) is 42.1 Å². The summed E-state index contributed by atoms with van der Waals surface area (Å²) in [6.07, 6.45) is 3.04. The van der Waals surface area contributed by atoms with Crippen LogP contribution in [0.15, 0.2) is 30.5 Å². The Morgan fingerprint density at radius 1 is 1.12 bits per heavy atom. The first-order chi connectivity index (χ1) is 11.7. The van der Waals surface area contributed by atoms with E-state index in [9.17, 15) is 4.79 Å². The smallest absolute Gasteiger partial charge is 0.225 e. The number of carbonyl (C=O) groups is 1. The molecule has 0 spiro atoms. The van der Waals surface area contributed by atoms with Gasteiger partial charge in [0.15, 0.2) is 5.78 Å². The Labute approximate surface area is 141 Å². The van der Waals surface area contributed by atoms with Gasteiger partial charge in [-0.3, -0.25) is 4.79 Å². The molecule has 4 rings (SSSR count). The van der Waals surface area contributed by atoms with Gasteiger partial charge in [-0.15, -0.1) is 0 Å². The molecule has 2 aliphatic rings. The highest BCUT2D eigenvalue weighted by Crippen LogP contribution is 2.32. The number of hydrogen-bond donors (Lipinski definition) is 0. The van der Waals surface area contributed by atoms with Crippen molar-refractivity contribution in [1.82, 2.24) is 9.97 Å². The number of rotatable bonds is 2. The van der Waals surface area contributed by atoms with Crippen LogP contribution in [0.2, 0.25) is 0 Å². The molecule has 0 radical (unpaired) electrons. The van der Waals surface area contributed by atoms with E-state index in [0.29, 0.717) is 25.2 Å². The molecule has 1 saturated heterocycles. The molecule has 1 atom stereocenters. The summed E-state index contributed by atoms with van der Waals surface area (Å²) in [6, 6.07) is 8.47. The summed E-state index contributed by atoms with van der Waals surface area (Å²) >= 11 is 0. The quantitative estimate of drug-likeness (QED) is 0.850. The Balaban J connectivity index is 1.62. The van der Waals surface area contributed by atoms with E-state index in [1.165, 1.54) is 11.1 Å². The average molecular weight is 323 g/mol. The summed E-state index contributed by atoms with van der Waals surface area (Å²) in [7, 11) is 0. The van der Waals surface area contributed by atoms with Gasteiger partial charge in [-0.25, -0.2) is 9.97 Å². The molecule has 1 unspecified atom stereocenters. The first-order valence-corrected chi connectivity index (χ1v) is 8.49. The van der Waals surface area contributed by atoms with Gasteiger partial charge in [0.25, 0.3) is 0 Å². The fourth-order valence-corrected chi connectivity index (χ4v) is 3.42. The Hall–Kier alpha value is -2.27. The zero-order valence-electron chi connectivity index (χ0n) is 13.9. The predicted molar refractivity (Wildman–Crippen MR) is 91.6 cm³/mol. The van der Waals surface area contributed by atoms with Gasteiger partial charge >= 0.3 is 0 Å². The van der Waals surface area contributed by atoms with E-state index in [4.69, 9.17) is 9.72 Å². The molecule has 24 heavy (non-hydrogen) atoms. The first kappa shape index (κ1) is 15.3. The molecule has 2 heterocycles. The molecular formula is C19H21N3O2. The first-order valence-electron chi connectivity index (χ1n) is 8.49. The molecule has 2 aromatic rings. The van der Waals surface area contributed by atoms with Crippen molar-refractivity contribution in [1.29, 1.82) is 0 Å². The Morgan fingerprint density at radius 2 is 1.88 bits per heavy atom. The van der Waals surface area contributed by atoms with Crippen LogP contribution < -0.4 is 4.90 Å². The minimum Gasteiger partial charge on any atom is -0.378 e. The van der Waals surface area contributed by atoms with Gasteiger partial charge in [0.1, 0.15) is 0 Å². The molecular weight excluding hydrogens is 302 g/mol. The Bertz CT molecular complexity index is 752. The van der Waals surface area contributed by atoms with E-state index in [1.807, 2.05) is 0 Å². The van der Waals surface area contributed by atoms with Crippen molar-refractivity contribution in [3.05, 3.63) is 52.8 Å².